The first-order valence-corrected chi connectivity index (χ1v) is 9.21. The van der Waals surface area contributed by atoms with Crippen LogP contribution < -0.4 is 10.6 Å². The molecule has 2 aromatic heterocycles. The van der Waals surface area contributed by atoms with Gasteiger partial charge in [0.15, 0.2) is 5.96 Å². The Kier molecular flexibility index (Phi) is 7.70. The number of aliphatic imine (C=N–C) groups is 1. The van der Waals surface area contributed by atoms with Gasteiger partial charge in [-0.15, -0.1) is 35.3 Å². The summed E-state index contributed by atoms with van der Waals surface area (Å²) >= 11 is 1.61. The van der Waals surface area contributed by atoms with E-state index in [-0.39, 0.29) is 29.6 Å². The summed E-state index contributed by atoms with van der Waals surface area (Å²) in [7, 11) is 0. The van der Waals surface area contributed by atoms with Crippen molar-refractivity contribution >= 4 is 41.3 Å². The molecule has 1 saturated heterocycles. The molecule has 8 heteroatoms. The van der Waals surface area contributed by atoms with Gasteiger partial charge in [-0.1, -0.05) is 6.07 Å². The van der Waals surface area contributed by atoms with Gasteiger partial charge in [0.2, 0.25) is 5.89 Å². The fourth-order valence-electron chi connectivity index (χ4n) is 2.64. The zero-order valence-electron chi connectivity index (χ0n) is 14.6. The number of halogens is 1. The average Bonchev–Trinajstić information content (AvgIpc) is 3.31. The van der Waals surface area contributed by atoms with Gasteiger partial charge in [-0.3, -0.25) is 0 Å². The fraction of sp³-hybridized carbons (Fsp3) is 0.529. The smallest absolute Gasteiger partial charge is 0.236 e. The van der Waals surface area contributed by atoms with Crippen LogP contribution >= 0.6 is 35.3 Å². The Morgan fingerprint density at radius 2 is 2.32 bits per heavy atom. The average molecular weight is 476 g/mol. The zero-order chi connectivity index (χ0) is 16.8. The maximum Gasteiger partial charge on any atom is 0.236 e. The maximum atomic E-state index is 5.80. The molecule has 3 rings (SSSR count). The molecule has 6 nitrogen and oxygen atoms in total. The SMILES string of the molecule is CCNC(=NCc1coc(-c2cccs2)n1)NCC1(C)CCCO1.I. The van der Waals surface area contributed by atoms with Crippen molar-refractivity contribution in [3.05, 3.63) is 29.5 Å². The largest absolute Gasteiger partial charge is 0.443 e. The normalized spacial score (nSPS) is 20.3. The van der Waals surface area contributed by atoms with E-state index in [1.807, 2.05) is 17.5 Å². The minimum atomic E-state index is -0.101. The third-order valence-corrected chi connectivity index (χ3v) is 4.82. The Labute approximate surface area is 169 Å². The molecule has 1 aliphatic rings. The van der Waals surface area contributed by atoms with E-state index in [2.05, 4.69) is 34.5 Å². The van der Waals surface area contributed by atoms with Gasteiger partial charge in [0.1, 0.15) is 12.0 Å². The first-order valence-electron chi connectivity index (χ1n) is 8.33. The Morgan fingerprint density at radius 1 is 1.44 bits per heavy atom. The third-order valence-electron chi connectivity index (χ3n) is 3.96. The monoisotopic (exact) mass is 476 g/mol. The summed E-state index contributed by atoms with van der Waals surface area (Å²) in [5.74, 6) is 1.43. The molecule has 1 unspecified atom stereocenters. The second kappa shape index (κ2) is 9.54. The molecule has 0 saturated carbocycles. The van der Waals surface area contributed by atoms with E-state index in [0.717, 1.165) is 49.1 Å². The van der Waals surface area contributed by atoms with Crippen LogP contribution in [0.4, 0.5) is 0 Å². The molecule has 1 atom stereocenters. The lowest BCUT2D eigenvalue weighted by molar-refractivity contribution is 0.0243. The predicted molar refractivity (Wildman–Crippen MR) is 112 cm³/mol. The Morgan fingerprint density at radius 3 is 3.00 bits per heavy atom. The number of thiophene rings is 1. The maximum absolute atomic E-state index is 5.80. The number of oxazole rings is 1. The molecule has 3 heterocycles. The minimum absolute atomic E-state index is 0. The molecular weight excluding hydrogens is 451 g/mol. The van der Waals surface area contributed by atoms with Crippen LogP contribution in [0.3, 0.4) is 0 Å². The van der Waals surface area contributed by atoms with Crippen LogP contribution in [0.15, 0.2) is 33.2 Å². The Bertz CT molecular complexity index is 666. The van der Waals surface area contributed by atoms with Crippen LogP contribution in [-0.4, -0.2) is 36.2 Å². The second-order valence-corrected chi connectivity index (χ2v) is 7.02. The van der Waals surface area contributed by atoms with E-state index >= 15 is 0 Å². The minimum Gasteiger partial charge on any atom is -0.443 e. The van der Waals surface area contributed by atoms with Crippen LogP contribution in [-0.2, 0) is 11.3 Å². The van der Waals surface area contributed by atoms with Gasteiger partial charge in [-0.05, 0) is 38.1 Å². The predicted octanol–water partition coefficient (Wildman–Crippen LogP) is 3.65. The summed E-state index contributed by atoms with van der Waals surface area (Å²) in [6.45, 7) is 7.07. The van der Waals surface area contributed by atoms with Gasteiger partial charge in [0, 0.05) is 19.7 Å². The number of hydrogen-bond acceptors (Lipinski definition) is 5. The molecule has 1 fully saturated rings. The highest BCUT2D eigenvalue weighted by Gasteiger charge is 2.29. The lowest BCUT2D eigenvalue weighted by Crippen LogP contribution is -2.45. The van der Waals surface area contributed by atoms with E-state index in [1.54, 1.807) is 17.6 Å². The van der Waals surface area contributed by atoms with Gasteiger partial charge in [-0.2, -0.15) is 0 Å². The lowest BCUT2D eigenvalue weighted by atomic mass is 10.0. The summed E-state index contributed by atoms with van der Waals surface area (Å²) in [4.78, 5) is 10.1. The van der Waals surface area contributed by atoms with Crippen molar-refractivity contribution in [1.82, 2.24) is 15.6 Å². The molecule has 0 radical (unpaired) electrons. The molecule has 0 spiro atoms. The highest BCUT2D eigenvalue weighted by Crippen LogP contribution is 2.24. The van der Waals surface area contributed by atoms with Crippen molar-refractivity contribution in [1.29, 1.82) is 0 Å². The van der Waals surface area contributed by atoms with Gasteiger partial charge in [-0.25, -0.2) is 9.98 Å². The number of guanidine groups is 1. The lowest BCUT2D eigenvalue weighted by Gasteiger charge is -2.24. The molecule has 138 valence electrons. The molecule has 0 aromatic carbocycles. The number of nitrogens with zero attached hydrogens (tertiary/aromatic N) is 2. The van der Waals surface area contributed by atoms with Crippen LogP contribution in [0, 0.1) is 0 Å². The number of aromatic nitrogens is 1. The number of ether oxygens (including phenoxy) is 1. The third kappa shape index (κ3) is 5.68. The topological polar surface area (TPSA) is 71.7 Å². The van der Waals surface area contributed by atoms with Gasteiger partial charge < -0.3 is 19.8 Å². The van der Waals surface area contributed by atoms with Crippen LogP contribution in [0.25, 0.3) is 10.8 Å². The fourth-order valence-corrected chi connectivity index (χ4v) is 3.30. The van der Waals surface area contributed by atoms with Crippen molar-refractivity contribution < 1.29 is 9.15 Å². The highest BCUT2D eigenvalue weighted by molar-refractivity contribution is 14.0. The van der Waals surface area contributed by atoms with E-state index in [1.165, 1.54) is 0 Å². The second-order valence-electron chi connectivity index (χ2n) is 6.07. The Balaban J connectivity index is 0.00000225. The summed E-state index contributed by atoms with van der Waals surface area (Å²) in [6.07, 6.45) is 3.87. The molecule has 2 N–H and O–H groups in total. The molecule has 2 aromatic rings. The standard InChI is InChI=1S/C17H24N4O2S.HI/c1-3-18-16(20-12-17(2)7-5-8-23-17)19-10-13-11-22-15(21-13)14-6-4-9-24-14;/h4,6,9,11H,3,5,7-8,10,12H2,1-2H3,(H2,18,19,20);1H. The summed E-state index contributed by atoms with van der Waals surface area (Å²) in [6, 6.07) is 3.98. The summed E-state index contributed by atoms with van der Waals surface area (Å²) in [5, 5.41) is 8.63. The van der Waals surface area contributed by atoms with Crippen molar-refractivity contribution in [3.63, 3.8) is 0 Å². The van der Waals surface area contributed by atoms with Crippen molar-refractivity contribution in [2.24, 2.45) is 4.99 Å². The van der Waals surface area contributed by atoms with Gasteiger partial charge in [0.05, 0.1) is 17.0 Å². The van der Waals surface area contributed by atoms with Crippen LogP contribution in [0.1, 0.15) is 32.4 Å². The number of hydrogen-bond donors (Lipinski definition) is 2. The molecule has 0 amide bonds. The van der Waals surface area contributed by atoms with Crippen LogP contribution in [0.5, 0.6) is 0 Å². The summed E-state index contributed by atoms with van der Waals surface area (Å²) in [5.41, 5.74) is 0.718. The molecule has 0 bridgehead atoms. The van der Waals surface area contributed by atoms with Gasteiger partial charge in [0.25, 0.3) is 0 Å². The first-order chi connectivity index (χ1) is 11.7. The van der Waals surface area contributed by atoms with Gasteiger partial charge >= 0.3 is 0 Å². The van der Waals surface area contributed by atoms with Crippen molar-refractivity contribution in [2.45, 2.75) is 38.8 Å². The zero-order valence-corrected chi connectivity index (χ0v) is 17.7. The Hall–Kier alpha value is -1.13. The first kappa shape index (κ1) is 20.2. The summed E-state index contributed by atoms with van der Waals surface area (Å²) < 4.78 is 11.3. The quantitative estimate of drug-likeness (QED) is 0.379. The highest BCUT2D eigenvalue weighted by atomic mass is 127. The van der Waals surface area contributed by atoms with E-state index in [4.69, 9.17) is 9.15 Å². The van der Waals surface area contributed by atoms with E-state index in [0.29, 0.717) is 12.4 Å². The molecule has 25 heavy (non-hydrogen) atoms. The molecule has 0 aliphatic carbocycles. The molecular formula is C17H25IN4O2S. The van der Waals surface area contributed by atoms with Crippen molar-refractivity contribution in [3.8, 4) is 10.8 Å². The number of rotatable bonds is 6. The van der Waals surface area contributed by atoms with E-state index < -0.39 is 0 Å². The van der Waals surface area contributed by atoms with E-state index in [9.17, 15) is 0 Å². The van der Waals surface area contributed by atoms with Crippen LogP contribution in [0.2, 0.25) is 0 Å². The molecule has 1 aliphatic heterocycles. The number of nitrogens with one attached hydrogen (secondary N) is 2. The van der Waals surface area contributed by atoms with Crippen molar-refractivity contribution in [2.75, 3.05) is 19.7 Å².